The Hall–Kier alpha value is -1.48. The number of primary sulfonamides is 1. The highest BCUT2D eigenvalue weighted by Gasteiger charge is 2.29. The molecule has 0 aliphatic heterocycles. The second-order valence-electron chi connectivity index (χ2n) is 4.82. The van der Waals surface area contributed by atoms with E-state index in [1.807, 2.05) is 0 Å². The molecule has 1 fully saturated rings. The molecule has 1 heterocycles. The van der Waals surface area contributed by atoms with Crippen LogP contribution in [0.25, 0.3) is 0 Å². The van der Waals surface area contributed by atoms with Crippen LogP contribution >= 0.6 is 0 Å². The van der Waals surface area contributed by atoms with Crippen LogP contribution in [-0.4, -0.2) is 23.1 Å². The van der Waals surface area contributed by atoms with Crippen LogP contribution in [-0.2, 0) is 16.6 Å². The average Bonchev–Trinajstić information content (AvgIpc) is 2.94. The van der Waals surface area contributed by atoms with E-state index in [1.165, 1.54) is 17.5 Å². The normalized spacial score (nSPS) is 16.9. The fourth-order valence-corrected chi connectivity index (χ4v) is 3.09. The van der Waals surface area contributed by atoms with Crippen molar-refractivity contribution in [1.82, 2.24) is 9.78 Å². The maximum absolute atomic E-state index is 11.3. The highest BCUT2D eigenvalue weighted by atomic mass is 32.2. The first kappa shape index (κ1) is 13.9. The van der Waals surface area contributed by atoms with Gasteiger partial charge in [0.2, 0.25) is 14.9 Å². The zero-order valence-corrected chi connectivity index (χ0v) is 11.2. The van der Waals surface area contributed by atoms with Crippen LogP contribution in [0.5, 0.6) is 0 Å². The molecule has 1 aliphatic carbocycles. The number of nitrogens with zero attached hydrogens (tertiary/aromatic N) is 3. The molecule has 19 heavy (non-hydrogen) atoms. The fraction of sp³-hybridized carbons (Fsp3) is 0.700. The van der Waals surface area contributed by atoms with Gasteiger partial charge in [-0.1, -0.05) is 25.7 Å². The van der Waals surface area contributed by atoms with Gasteiger partial charge < -0.3 is 10.1 Å². The molecular weight excluding hydrogens is 272 g/mol. The number of aromatic nitrogens is 2. The van der Waals surface area contributed by atoms with E-state index < -0.39 is 25.7 Å². The van der Waals surface area contributed by atoms with Gasteiger partial charge in [0.15, 0.2) is 0 Å². The van der Waals surface area contributed by atoms with E-state index in [0.717, 1.165) is 25.5 Å². The SMILES string of the molecule is NS(=O)(=O)c1cn(CCC2CCCC2)nc1[N+](=O)[O-]. The van der Waals surface area contributed by atoms with E-state index in [1.54, 1.807) is 0 Å². The predicted molar refractivity (Wildman–Crippen MR) is 66.8 cm³/mol. The van der Waals surface area contributed by atoms with E-state index in [9.17, 15) is 18.5 Å². The van der Waals surface area contributed by atoms with E-state index in [0.29, 0.717) is 12.5 Å². The molecule has 0 amide bonds. The molecule has 2 rings (SSSR count). The van der Waals surface area contributed by atoms with Crippen LogP contribution in [0.3, 0.4) is 0 Å². The largest absolute Gasteiger partial charge is 0.410 e. The Morgan fingerprint density at radius 1 is 1.47 bits per heavy atom. The Balaban J connectivity index is 2.15. The Morgan fingerprint density at radius 2 is 2.11 bits per heavy atom. The molecule has 1 aromatic rings. The van der Waals surface area contributed by atoms with Crippen LogP contribution in [0.2, 0.25) is 0 Å². The lowest BCUT2D eigenvalue weighted by molar-refractivity contribution is -0.392. The zero-order valence-electron chi connectivity index (χ0n) is 10.4. The van der Waals surface area contributed by atoms with Gasteiger partial charge in [-0.2, -0.15) is 4.68 Å². The molecule has 0 aromatic carbocycles. The van der Waals surface area contributed by atoms with E-state index in [2.05, 4.69) is 5.10 Å². The molecule has 106 valence electrons. The van der Waals surface area contributed by atoms with Crippen LogP contribution in [0.15, 0.2) is 11.1 Å². The van der Waals surface area contributed by atoms with Crippen molar-refractivity contribution < 1.29 is 13.3 Å². The van der Waals surface area contributed by atoms with Crippen molar-refractivity contribution in [1.29, 1.82) is 0 Å². The summed E-state index contributed by atoms with van der Waals surface area (Å²) in [6, 6.07) is 0. The summed E-state index contributed by atoms with van der Waals surface area (Å²) in [6.45, 7) is 0.473. The number of aryl methyl sites for hydroxylation is 1. The van der Waals surface area contributed by atoms with Crippen molar-refractivity contribution in [3.63, 3.8) is 0 Å². The standard InChI is InChI=1S/C10H16N4O4S/c11-19(17,18)9-7-13(12-10(9)14(15)16)6-5-8-3-1-2-4-8/h7-8H,1-6H2,(H2,11,17,18). The van der Waals surface area contributed by atoms with Gasteiger partial charge in [0.05, 0.1) is 17.8 Å². The van der Waals surface area contributed by atoms with Crippen molar-refractivity contribution >= 4 is 15.8 Å². The van der Waals surface area contributed by atoms with Crippen LogP contribution in [0.4, 0.5) is 5.82 Å². The van der Waals surface area contributed by atoms with Crippen molar-refractivity contribution in [3.8, 4) is 0 Å². The lowest BCUT2D eigenvalue weighted by atomic mass is 10.0. The van der Waals surface area contributed by atoms with Crippen LogP contribution < -0.4 is 5.14 Å². The summed E-state index contributed by atoms with van der Waals surface area (Å²) in [7, 11) is -4.12. The number of rotatable bonds is 5. The molecule has 1 aliphatic rings. The van der Waals surface area contributed by atoms with Gasteiger partial charge in [-0.15, -0.1) is 0 Å². The Kier molecular flexibility index (Phi) is 3.85. The van der Waals surface area contributed by atoms with Crippen LogP contribution in [0.1, 0.15) is 32.1 Å². The number of sulfonamides is 1. The molecule has 0 unspecified atom stereocenters. The van der Waals surface area contributed by atoms with Gasteiger partial charge in [0.25, 0.3) is 0 Å². The second-order valence-corrected chi connectivity index (χ2v) is 6.35. The zero-order chi connectivity index (χ0) is 14.0. The molecule has 1 aromatic heterocycles. The highest BCUT2D eigenvalue weighted by molar-refractivity contribution is 7.89. The average molecular weight is 288 g/mol. The monoisotopic (exact) mass is 288 g/mol. The summed E-state index contributed by atoms with van der Waals surface area (Å²) in [5.41, 5.74) is 0. The third-order valence-corrected chi connectivity index (χ3v) is 4.33. The van der Waals surface area contributed by atoms with E-state index >= 15 is 0 Å². The van der Waals surface area contributed by atoms with Gasteiger partial charge in [-0.3, -0.25) is 0 Å². The molecule has 0 atom stereocenters. The first-order valence-electron chi connectivity index (χ1n) is 6.12. The summed E-state index contributed by atoms with van der Waals surface area (Å²) >= 11 is 0. The summed E-state index contributed by atoms with van der Waals surface area (Å²) in [5, 5.41) is 19.4. The number of nitrogens with two attached hydrogens (primary N) is 1. The molecule has 0 saturated heterocycles. The summed E-state index contributed by atoms with van der Waals surface area (Å²) in [4.78, 5) is 9.40. The van der Waals surface area contributed by atoms with Gasteiger partial charge in [-0.05, 0) is 17.3 Å². The molecular formula is C10H16N4O4S. The maximum Gasteiger partial charge on any atom is 0.410 e. The molecule has 9 heteroatoms. The van der Waals surface area contributed by atoms with E-state index in [-0.39, 0.29) is 0 Å². The molecule has 1 saturated carbocycles. The molecule has 0 radical (unpaired) electrons. The highest BCUT2D eigenvalue weighted by Crippen LogP contribution is 2.28. The Labute approximate surface area is 110 Å². The second kappa shape index (κ2) is 5.25. The first-order valence-corrected chi connectivity index (χ1v) is 7.67. The third kappa shape index (κ3) is 3.29. The lowest BCUT2D eigenvalue weighted by Crippen LogP contribution is -2.13. The molecule has 0 bridgehead atoms. The minimum Gasteiger partial charge on any atom is -0.358 e. The van der Waals surface area contributed by atoms with Crippen LogP contribution in [0, 0.1) is 16.0 Å². The summed E-state index contributed by atoms with van der Waals surface area (Å²) < 4.78 is 23.8. The van der Waals surface area contributed by atoms with E-state index in [4.69, 9.17) is 5.14 Å². The Morgan fingerprint density at radius 3 is 2.58 bits per heavy atom. The van der Waals surface area contributed by atoms with Crippen molar-refractivity contribution in [2.24, 2.45) is 11.1 Å². The lowest BCUT2D eigenvalue weighted by Gasteiger charge is -2.05. The van der Waals surface area contributed by atoms with Crippen molar-refractivity contribution in [2.75, 3.05) is 0 Å². The number of hydrogen-bond donors (Lipinski definition) is 1. The topological polar surface area (TPSA) is 121 Å². The summed E-state index contributed by atoms with van der Waals surface area (Å²) in [5.74, 6) is -0.102. The first-order chi connectivity index (χ1) is 8.88. The maximum atomic E-state index is 11.3. The molecule has 8 nitrogen and oxygen atoms in total. The number of nitro groups is 1. The fourth-order valence-electron chi connectivity index (χ4n) is 2.45. The van der Waals surface area contributed by atoms with Gasteiger partial charge >= 0.3 is 5.82 Å². The Bertz CT molecular complexity index is 574. The third-order valence-electron chi connectivity index (χ3n) is 3.43. The minimum absolute atomic E-state index is 0.473. The summed E-state index contributed by atoms with van der Waals surface area (Å²) in [6.07, 6.45) is 6.74. The van der Waals surface area contributed by atoms with Gasteiger partial charge in [-0.25, -0.2) is 13.6 Å². The quantitative estimate of drug-likeness (QED) is 0.640. The van der Waals surface area contributed by atoms with Gasteiger partial charge in [0.1, 0.15) is 0 Å². The molecule has 0 spiro atoms. The predicted octanol–water partition coefficient (Wildman–Crippen LogP) is 1.02. The molecule has 2 N–H and O–H groups in total. The van der Waals surface area contributed by atoms with Crippen molar-refractivity contribution in [2.45, 2.75) is 43.5 Å². The van der Waals surface area contributed by atoms with Gasteiger partial charge in [0, 0.05) is 0 Å². The minimum atomic E-state index is -4.12. The number of hydrogen-bond acceptors (Lipinski definition) is 5. The smallest absolute Gasteiger partial charge is 0.358 e. The van der Waals surface area contributed by atoms with Crippen molar-refractivity contribution in [3.05, 3.63) is 16.3 Å².